The van der Waals surface area contributed by atoms with Crippen LogP contribution in [0.3, 0.4) is 0 Å². The van der Waals surface area contributed by atoms with Crippen LogP contribution >= 0.6 is 0 Å². The fourth-order valence-electron chi connectivity index (χ4n) is 4.46. The number of hydrogen-bond donors (Lipinski definition) is 3. The highest BCUT2D eigenvalue weighted by molar-refractivity contribution is 5.86. The second-order valence-corrected chi connectivity index (χ2v) is 9.08. The number of alkyl halides is 3. The van der Waals surface area contributed by atoms with Gasteiger partial charge in [0.25, 0.3) is 11.1 Å². The summed E-state index contributed by atoms with van der Waals surface area (Å²) in [5.41, 5.74) is 3.34. The van der Waals surface area contributed by atoms with Gasteiger partial charge < -0.3 is 20.0 Å². The molecule has 0 bridgehead atoms. The number of fused-ring (bicyclic) bond motifs is 2. The monoisotopic (exact) mass is 542 g/mol. The minimum atomic E-state index is -4.85. The van der Waals surface area contributed by atoms with E-state index in [0.717, 1.165) is 12.3 Å². The highest BCUT2D eigenvalue weighted by Gasteiger charge is 2.37. The number of pyridine rings is 1. The van der Waals surface area contributed by atoms with Crippen LogP contribution in [0.5, 0.6) is 0 Å². The first-order valence-electron chi connectivity index (χ1n) is 11.9. The number of aromatic amines is 1. The van der Waals surface area contributed by atoms with Gasteiger partial charge in [-0.15, -0.1) is 0 Å². The molecule has 14 heteroatoms. The summed E-state index contributed by atoms with van der Waals surface area (Å²) in [6.45, 7) is 1.91. The number of hydrogen-bond acceptors (Lipinski definition) is 7. The molecule has 5 rings (SSSR count). The van der Waals surface area contributed by atoms with Gasteiger partial charge in [0.15, 0.2) is 11.5 Å². The van der Waals surface area contributed by atoms with Gasteiger partial charge in [0.05, 0.1) is 23.0 Å². The Morgan fingerprint density at radius 1 is 1.21 bits per heavy atom. The van der Waals surface area contributed by atoms with E-state index < -0.39 is 40.4 Å². The average Bonchev–Trinajstić information content (AvgIpc) is 3.34. The molecule has 10 nitrogen and oxygen atoms in total. The maximum absolute atomic E-state index is 15.1. The summed E-state index contributed by atoms with van der Waals surface area (Å²) in [5.74, 6) is -0.505. The minimum absolute atomic E-state index is 0.140. The van der Waals surface area contributed by atoms with Crippen LogP contribution in [0.1, 0.15) is 25.3 Å². The SMILES string of the molecule is C[C@@H](CCCn1ccc2cc(-c3cn4ccnc4c(N)n3)c(F)cc2c1=O)Nc1cn[nH]c(=O)c1C(F)(F)F. The van der Waals surface area contributed by atoms with Crippen LogP contribution in [0.25, 0.3) is 27.7 Å². The predicted molar refractivity (Wildman–Crippen MR) is 137 cm³/mol. The Labute approximate surface area is 217 Å². The first-order chi connectivity index (χ1) is 18.5. The summed E-state index contributed by atoms with van der Waals surface area (Å²) >= 11 is 0. The van der Waals surface area contributed by atoms with Gasteiger partial charge in [0, 0.05) is 42.9 Å². The minimum Gasteiger partial charge on any atom is -0.381 e. The van der Waals surface area contributed by atoms with Crippen LogP contribution in [-0.4, -0.2) is 35.2 Å². The standard InChI is InChI=1S/C25H22F4N8O2/c1-13(33-18-11-32-35-23(38)20(18)25(27,28)29)3-2-6-36-7-4-14-9-16(17(26)10-15(14)24(36)39)19-12-37-8-5-31-22(37)21(30)34-19/h4-5,7-13H,2-3,6H2,1H3,(H2,30,34)(H2,33,35,38)/t13-/m0/s1. The number of nitrogen functional groups attached to an aromatic ring is 1. The topological polar surface area (TPSA) is 136 Å². The van der Waals surface area contributed by atoms with E-state index in [9.17, 15) is 22.8 Å². The Morgan fingerprint density at radius 2 is 2.00 bits per heavy atom. The summed E-state index contributed by atoms with van der Waals surface area (Å²) in [4.78, 5) is 33.0. The maximum atomic E-state index is 15.1. The smallest absolute Gasteiger partial charge is 0.381 e. The summed E-state index contributed by atoms with van der Waals surface area (Å²) in [6.07, 6.45) is 3.25. The van der Waals surface area contributed by atoms with Crippen molar-refractivity contribution in [3.63, 3.8) is 0 Å². The molecule has 0 amide bonds. The number of halogens is 4. The van der Waals surface area contributed by atoms with Crippen molar-refractivity contribution in [2.45, 2.75) is 38.5 Å². The number of nitrogens with two attached hydrogens (primary N) is 1. The number of nitrogens with zero attached hydrogens (tertiary/aromatic N) is 5. The van der Waals surface area contributed by atoms with E-state index in [-0.39, 0.29) is 29.0 Å². The molecule has 4 aromatic heterocycles. The summed E-state index contributed by atoms with van der Waals surface area (Å²) in [6, 6.07) is 3.90. The molecule has 0 saturated heterocycles. The van der Waals surface area contributed by atoms with E-state index in [1.54, 1.807) is 47.3 Å². The lowest BCUT2D eigenvalue weighted by atomic mass is 10.1. The zero-order valence-electron chi connectivity index (χ0n) is 20.5. The third-order valence-electron chi connectivity index (χ3n) is 6.32. The maximum Gasteiger partial charge on any atom is 0.423 e. The Hall–Kier alpha value is -4.75. The normalized spacial score (nSPS) is 12.7. The molecule has 0 fully saturated rings. The van der Waals surface area contributed by atoms with Crippen molar-refractivity contribution in [1.82, 2.24) is 29.1 Å². The van der Waals surface area contributed by atoms with Gasteiger partial charge in [-0.05, 0) is 43.4 Å². The molecule has 1 atom stereocenters. The fourth-order valence-corrected chi connectivity index (χ4v) is 4.46. The van der Waals surface area contributed by atoms with Crippen molar-refractivity contribution >= 4 is 27.9 Å². The van der Waals surface area contributed by atoms with Gasteiger partial charge in [-0.3, -0.25) is 9.59 Å². The number of imidazole rings is 1. The zero-order chi connectivity index (χ0) is 27.9. The van der Waals surface area contributed by atoms with Crippen molar-refractivity contribution in [3.05, 3.63) is 81.3 Å². The number of anilines is 2. The quantitative estimate of drug-likeness (QED) is 0.266. The lowest BCUT2D eigenvalue weighted by Crippen LogP contribution is -2.27. The molecule has 0 saturated carbocycles. The molecular formula is C25H22F4N8O2. The molecule has 0 spiro atoms. The Kier molecular flexibility index (Phi) is 6.54. The van der Waals surface area contributed by atoms with Gasteiger partial charge in [-0.1, -0.05) is 0 Å². The van der Waals surface area contributed by atoms with Crippen LogP contribution in [-0.2, 0) is 12.7 Å². The first-order valence-corrected chi connectivity index (χ1v) is 11.9. The van der Waals surface area contributed by atoms with Crippen molar-refractivity contribution < 1.29 is 17.6 Å². The van der Waals surface area contributed by atoms with Gasteiger partial charge in [0.2, 0.25) is 0 Å². The lowest BCUT2D eigenvalue weighted by molar-refractivity contribution is -0.138. The lowest BCUT2D eigenvalue weighted by Gasteiger charge is -2.18. The molecule has 202 valence electrons. The Morgan fingerprint density at radius 3 is 2.77 bits per heavy atom. The summed E-state index contributed by atoms with van der Waals surface area (Å²) in [5, 5.41) is 8.58. The fraction of sp³-hybridized carbons (Fsp3) is 0.240. The molecule has 4 N–H and O–H groups in total. The van der Waals surface area contributed by atoms with E-state index in [2.05, 4.69) is 20.4 Å². The molecule has 0 aliphatic heterocycles. The molecule has 39 heavy (non-hydrogen) atoms. The van der Waals surface area contributed by atoms with Crippen LogP contribution in [0.4, 0.5) is 29.1 Å². The second-order valence-electron chi connectivity index (χ2n) is 9.08. The number of aromatic nitrogens is 6. The third-order valence-corrected chi connectivity index (χ3v) is 6.32. The average molecular weight is 542 g/mol. The molecule has 0 unspecified atom stereocenters. The van der Waals surface area contributed by atoms with Crippen molar-refractivity contribution in [2.24, 2.45) is 0 Å². The Bertz CT molecular complexity index is 1810. The van der Waals surface area contributed by atoms with Crippen molar-refractivity contribution in [1.29, 1.82) is 0 Å². The third kappa shape index (κ3) is 5.04. The number of benzene rings is 1. The van der Waals surface area contributed by atoms with E-state index in [4.69, 9.17) is 5.73 Å². The van der Waals surface area contributed by atoms with Crippen molar-refractivity contribution in [2.75, 3.05) is 11.1 Å². The van der Waals surface area contributed by atoms with Crippen LogP contribution in [0.2, 0.25) is 0 Å². The van der Waals surface area contributed by atoms with E-state index in [1.807, 2.05) is 0 Å². The molecule has 0 aliphatic carbocycles. The van der Waals surface area contributed by atoms with E-state index >= 15 is 4.39 Å². The zero-order valence-corrected chi connectivity index (χ0v) is 20.5. The Balaban J connectivity index is 1.32. The van der Waals surface area contributed by atoms with E-state index in [1.165, 1.54) is 10.6 Å². The number of aryl methyl sites for hydroxylation is 1. The van der Waals surface area contributed by atoms with Gasteiger partial charge >= 0.3 is 6.18 Å². The summed E-state index contributed by atoms with van der Waals surface area (Å²) in [7, 11) is 0. The predicted octanol–water partition coefficient (Wildman–Crippen LogP) is 3.82. The largest absolute Gasteiger partial charge is 0.423 e. The van der Waals surface area contributed by atoms with Gasteiger partial charge in [-0.2, -0.15) is 18.3 Å². The second kappa shape index (κ2) is 9.85. The number of H-pyrrole nitrogens is 1. The van der Waals surface area contributed by atoms with Crippen LogP contribution in [0, 0.1) is 5.82 Å². The molecule has 1 aromatic carbocycles. The van der Waals surface area contributed by atoms with Crippen LogP contribution < -0.4 is 22.2 Å². The van der Waals surface area contributed by atoms with Gasteiger partial charge in [-0.25, -0.2) is 19.5 Å². The van der Waals surface area contributed by atoms with E-state index in [0.29, 0.717) is 23.9 Å². The molecule has 0 aliphatic rings. The van der Waals surface area contributed by atoms with Crippen molar-refractivity contribution in [3.8, 4) is 11.3 Å². The molecule has 0 radical (unpaired) electrons. The summed E-state index contributed by atoms with van der Waals surface area (Å²) < 4.78 is 57.9. The number of nitrogens with one attached hydrogen (secondary N) is 2. The molecule has 4 heterocycles. The van der Waals surface area contributed by atoms with Crippen LogP contribution in [0.15, 0.2) is 58.8 Å². The highest BCUT2D eigenvalue weighted by atomic mass is 19.4. The number of rotatable bonds is 7. The highest BCUT2D eigenvalue weighted by Crippen LogP contribution is 2.32. The molecule has 5 aromatic rings. The molecular weight excluding hydrogens is 520 g/mol. The van der Waals surface area contributed by atoms with Gasteiger partial charge in [0.1, 0.15) is 11.4 Å². The first kappa shape index (κ1) is 25.9.